The molecule has 1 aromatic carbocycles. The molecule has 0 amide bonds. The van der Waals surface area contributed by atoms with Gasteiger partial charge in [-0.1, -0.05) is 11.6 Å². The van der Waals surface area contributed by atoms with Gasteiger partial charge >= 0.3 is 0 Å². The Kier molecular flexibility index (Phi) is 4.21. The first-order chi connectivity index (χ1) is 11.1. The normalized spacial score (nSPS) is 16.0. The summed E-state index contributed by atoms with van der Waals surface area (Å²) in [6.45, 7) is 0. The maximum atomic E-state index is 11.5. The number of benzene rings is 1. The van der Waals surface area contributed by atoms with Gasteiger partial charge in [-0.3, -0.25) is 0 Å². The van der Waals surface area contributed by atoms with Gasteiger partial charge in [-0.05, 0) is 35.4 Å². The van der Waals surface area contributed by atoms with E-state index in [1.165, 1.54) is 0 Å². The molecule has 0 saturated carbocycles. The molecule has 0 saturated heterocycles. The minimum absolute atomic E-state index is 0.376. The van der Waals surface area contributed by atoms with Crippen LogP contribution < -0.4 is 14.8 Å². The molecule has 1 atom stereocenters. The van der Waals surface area contributed by atoms with Crippen molar-refractivity contribution in [3.8, 4) is 11.5 Å². The topological polar surface area (TPSA) is 60.5 Å². The third-order valence-corrected chi connectivity index (χ3v) is 3.89. The van der Waals surface area contributed by atoms with Gasteiger partial charge < -0.3 is 19.6 Å². The van der Waals surface area contributed by atoms with Crippen molar-refractivity contribution in [3.63, 3.8) is 0 Å². The zero-order valence-electron chi connectivity index (χ0n) is 12.7. The van der Waals surface area contributed by atoms with Crippen LogP contribution in [0.4, 0.5) is 5.69 Å². The average Bonchev–Trinajstić information content (AvgIpc) is 2.59. The van der Waals surface area contributed by atoms with E-state index in [1.807, 2.05) is 18.2 Å². The van der Waals surface area contributed by atoms with Crippen LogP contribution in [0.3, 0.4) is 0 Å². The van der Waals surface area contributed by atoms with Crippen molar-refractivity contribution in [1.29, 1.82) is 0 Å². The van der Waals surface area contributed by atoms with E-state index < -0.39 is 6.04 Å². The maximum Gasteiger partial charge on any atom is 0.146 e. The molecule has 2 aromatic rings. The molecule has 118 valence electrons. The number of pyridine rings is 1. The van der Waals surface area contributed by atoms with Crippen molar-refractivity contribution in [3.05, 3.63) is 46.7 Å². The molecule has 0 spiro atoms. The van der Waals surface area contributed by atoms with Gasteiger partial charge in [0.05, 0.1) is 14.2 Å². The first-order valence-electron chi connectivity index (χ1n) is 6.97. The van der Waals surface area contributed by atoms with E-state index in [1.54, 1.807) is 32.5 Å². The maximum absolute atomic E-state index is 11.5. The van der Waals surface area contributed by atoms with Gasteiger partial charge in [0.15, 0.2) is 0 Å². The average molecular weight is 331 g/mol. The summed E-state index contributed by atoms with van der Waals surface area (Å²) in [6, 6.07) is 6.72. The van der Waals surface area contributed by atoms with E-state index in [9.17, 15) is 4.79 Å². The van der Waals surface area contributed by atoms with E-state index >= 15 is 0 Å². The molecule has 3 rings (SSSR count). The van der Waals surface area contributed by atoms with Gasteiger partial charge in [-0.15, -0.1) is 0 Å². The number of carbonyl (C=O) groups excluding carboxylic acids is 1. The predicted octanol–water partition coefficient (Wildman–Crippen LogP) is 3.29. The molecule has 1 aliphatic rings. The van der Waals surface area contributed by atoms with Gasteiger partial charge in [-0.2, -0.15) is 0 Å². The third-order valence-electron chi connectivity index (χ3n) is 3.68. The number of hydrogen-bond acceptors (Lipinski definition) is 5. The summed E-state index contributed by atoms with van der Waals surface area (Å²) in [5.41, 5.74) is 3.30. The van der Waals surface area contributed by atoms with Crippen molar-refractivity contribution in [2.24, 2.45) is 0 Å². The highest BCUT2D eigenvalue weighted by Gasteiger charge is 2.23. The number of aldehydes is 1. The Balaban J connectivity index is 2.13. The summed E-state index contributed by atoms with van der Waals surface area (Å²) in [4.78, 5) is 15.6. The Bertz CT molecular complexity index is 767. The molecule has 5 nitrogen and oxygen atoms in total. The van der Waals surface area contributed by atoms with E-state index in [2.05, 4.69) is 10.3 Å². The van der Waals surface area contributed by atoms with Crippen molar-refractivity contribution in [1.82, 2.24) is 4.98 Å². The van der Waals surface area contributed by atoms with Crippen molar-refractivity contribution < 1.29 is 14.3 Å². The molecule has 1 aliphatic heterocycles. The lowest BCUT2D eigenvalue weighted by Gasteiger charge is -2.25. The predicted molar refractivity (Wildman–Crippen MR) is 90.1 cm³/mol. The Hall–Kier alpha value is -2.53. The zero-order chi connectivity index (χ0) is 16.4. The lowest BCUT2D eigenvalue weighted by molar-refractivity contribution is -0.107. The Labute approximate surface area is 138 Å². The summed E-state index contributed by atoms with van der Waals surface area (Å²) >= 11 is 5.91. The number of carbonyl (C=O) groups is 1. The fourth-order valence-electron chi connectivity index (χ4n) is 2.53. The highest BCUT2D eigenvalue weighted by atomic mass is 35.5. The molecule has 23 heavy (non-hydrogen) atoms. The number of fused-ring (bicyclic) bond motifs is 1. The van der Waals surface area contributed by atoms with E-state index in [0.717, 1.165) is 28.7 Å². The molecular weight excluding hydrogens is 316 g/mol. The second kappa shape index (κ2) is 6.30. The molecule has 0 fully saturated rings. The fraction of sp³-hybridized carbons (Fsp3) is 0.176. The van der Waals surface area contributed by atoms with Crippen LogP contribution in [0.5, 0.6) is 11.5 Å². The molecule has 6 heteroatoms. The first kappa shape index (κ1) is 15.4. The van der Waals surface area contributed by atoms with Crippen LogP contribution in [-0.4, -0.2) is 31.5 Å². The second-order valence-corrected chi connectivity index (χ2v) is 5.44. The highest BCUT2D eigenvalue weighted by Crippen LogP contribution is 2.35. The van der Waals surface area contributed by atoms with Gasteiger partial charge in [0.25, 0.3) is 0 Å². The number of aromatic nitrogens is 1. The number of ether oxygens (including phenoxy) is 2. The number of hydrogen-bond donors (Lipinski definition) is 1. The third kappa shape index (κ3) is 3.00. The molecular formula is C17H15ClN2O3. The molecule has 0 radical (unpaired) electrons. The van der Waals surface area contributed by atoms with Crippen LogP contribution in [0.15, 0.2) is 30.5 Å². The fourth-order valence-corrected chi connectivity index (χ4v) is 2.69. The number of methoxy groups -OCH3 is 2. The molecule has 0 bridgehead atoms. The Morgan fingerprint density at radius 1 is 1.17 bits per heavy atom. The zero-order valence-corrected chi connectivity index (χ0v) is 13.4. The van der Waals surface area contributed by atoms with E-state index in [-0.39, 0.29) is 0 Å². The quantitative estimate of drug-likeness (QED) is 0.688. The highest BCUT2D eigenvalue weighted by molar-refractivity contribution is 6.29. The van der Waals surface area contributed by atoms with Crippen molar-refractivity contribution >= 4 is 35.2 Å². The molecule has 1 N–H and O–H groups in total. The lowest BCUT2D eigenvalue weighted by Crippen LogP contribution is -2.26. The van der Waals surface area contributed by atoms with Gasteiger partial charge in [0.1, 0.15) is 29.0 Å². The summed E-state index contributed by atoms with van der Waals surface area (Å²) < 4.78 is 10.6. The van der Waals surface area contributed by atoms with Crippen LogP contribution in [-0.2, 0) is 4.79 Å². The molecule has 1 unspecified atom stereocenters. The molecule has 1 aromatic heterocycles. The minimum atomic E-state index is -0.488. The standard InChI is InChI=1S/C17H15ClN2O3/c1-22-12-3-10(4-13(6-12)23-2)14-5-11-8-19-17(18)7-15(11)20-16(14)9-21/h3-9,16,20H,1-2H3. The first-order valence-corrected chi connectivity index (χ1v) is 7.35. The smallest absolute Gasteiger partial charge is 0.146 e. The summed E-state index contributed by atoms with van der Waals surface area (Å²) in [5.74, 6) is 1.31. The number of halogens is 1. The summed E-state index contributed by atoms with van der Waals surface area (Å²) in [7, 11) is 3.18. The van der Waals surface area contributed by atoms with Gasteiger partial charge in [0, 0.05) is 23.5 Å². The van der Waals surface area contributed by atoms with Crippen molar-refractivity contribution in [2.75, 3.05) is 19.5 Å². The lowest BCUT2D eigenvalue weighted by atomic mass is 9.93. The number of anilines is 1. The van der Waals surface area contributed by atoms with Gasteiger partial charge in [0.2, 0.25) is 0 Å². The van der Waals surface area contributed by atoms with Crippen LogP contribution in [0.25, 0.3) is 11.6 Å². The van der Waals surface area contributed by atoms with E-state index in [4.69, 9.17) is 21.1 Å². The monoisotopic (exact) mass is 330 g/mol. The molecule has 2 heterocycles. The minimum Gasteiger partial charge on any atom is -0.497 e. The van der Waals surface area contributed by atoms with Crippen molar-refractivity contribution in [2.45, 2.75) is 6.04 Å². The second-order valence-electron chi connectivity index (χ2n) is 5.05. The van der Waals surface area contributed by atoms with E-state index in [0.29, 0.717) is 16.7 Å². The number of nitrogens with one attached hydrogen (secondary N) is 1. The molecule has 0 aliphatic carbocycles. The number of nitrogens with zero attached hydrogens (tertiary/aromatic N) is 1. The summed E-state index contributed by atoms with van der Waals surface area (Å²) in [6.07, 6.45) is 4.45. The SMILES string of the molecule is COc1cc(OC)cc(C2=Cc3cnc(Cl)cc3NC2C=O)c1. The van der Waals surface area contributed by atoms with Crippen LogP contribution in [0.1, 0.15) is 11.1 Å². The van der Waals surface area contributed by atoms with Crippen LogP contribution in [0, 0.1) is 0 Å². The Morgan fingerprint density at radius 2 is 1.87 bits per heavy atom. The van der Waals surface area contributed by atoms with Crippen LogP contribution in [0.2, 0.25) is 5.15 Å². The number of rotatable bonds is 4. The van der Waals surface area contributed by atoms with Crippen LogP contribution >= 0.6 is 11.6 Å². The van der Waals surface area contributed by atoms with Gasteiger partial charge in [-0.25, -0.2) is 4.98 Å². The largest absolute Gasteiger partial charge is 0.497 e. The summed E-state index contributed by atoms with van der Waals surface area (Å²) in [5, 5.41) is 3.54. The Morgan fingerprint density at radius 3 is 2.48 bits per heavy atom.